The van der Waals surface area contributed by atoms with E-state index in [0.29, 0.717) is 6.61 Å². The number of rotatable bonds is 5. The summed E-state index contributed by atoms with van der Waals surface area (Å²) < 4.78 is 5.12. The van der Waals surface area contributed by atoms with Crippen LogP contribution in [-0.2, 0) is 9.53 Å². The summed E-state index contributed by atoms with van der Waals surface area (Å²) in [5.74, 6) is 0.133. The Balaban J connectivity index is 2.60. The molecular weight excluding hydrogens is 258 g/mol. The van der Waals surface area contributed by atoms with Gasteiger partial charge in [0, 0.05) is 18.4 Å². The third kappa shape index (κ3) is 3.18. The summed E-state index contributed by atoms with van der Waals surface area (Å²) in [6, 6.07) is 0. The third-order valence-corrected chi connectivity index (χ3v) is 4.58. The number of hydrogen-bond donors (Lipinski definition) is 0. The minimum atomic E-state index is 0.133. The van der Waals surface area contributed by atoms with E-state index in [2.05, 4.69) is 29.8 Å². The van der Waals surface area contributed by atoms with Crippen LogP contribution in [0.4, 0.5) is 0 Å². The molecular formula is C11H20BrNO2. The topological polar surface area (TPSA) is 29.5 Å². The molecule has 0 spiro atoms. The molecule has 0 N–H and O–H groups in total. The van der Waals surface area contributed by atoms with Gasteiger partial charge in [0.25, 0.3) is 0 Å². The van der Waals surface area contributed by atoms with Crippen molar-refractivity contribution in [3.05, 3.63) is 0 Å². The highest BCUT2D eigenvalue weighted by atomic mass is 79.9. The lowest BCUT2D eigenvalue weighted by Gasteiger charge is -2.37. The molecule has 1 aliphatic heterocycles. The predicted octanol–water partition coefficient (Wildman–Crippen LogP) is 2.05. The molecule has 88 valence electrons. The first-order chi connectivity index (χ1) is 7.17. The highest BCUT2D eigenvalue weighted by Crippen LogP contribution is 2.30. The molecule has 15 heavy (non-hydrogen) atoms. The molecule has 1 aliphatic rings. The largest absolute Gasteiger partial charge is 0.370 e. The zero-order valence-electron chi connectivity index (χ0n) is 9.59. The van der Waals surface area contributed by atoms with Crippen LogP contribution in [0.2, 0.25) is 0 Å². The molecule has 3 nitrogen and oxygen atoms in total. The Morgan fingerprint density at radius 3 is 2.60 bits per heavy atom. The molecule has 0 atom stereocenters. The van der Waals surface area contributed by atoms with Crippen molar-refractivity contribution in [2.75, 3.05) is 31.6 Å². The fraction of sp³-hybridized carbons (Fsp3) is 0.909. The van der Waals surface area contributed by atoms with E-state index in [1.807, 2.05) is 4.90 Å². The first-order valence-electron chi connectivity index (χ1n) is 5.59. The Labute approximate surface area is 100 Å². The zero-order chi connectivity index (χ0) is 11.3. The van der Waals surface area contributed by atoms with E-state index in [1.54, 1.807) is 0 Å². The molecule has 0 aliphatic carbocycles. The number of nitrogens with zero attached hydrogens (tertiary/aromatic N) is 1. The van der Waals surface area contributed by atoms with E-state index in [1.165, 1.54) is 0 Å². The van der Waals surface area contributed by atoms with Crippen LogP contribution in [0.15, 0.2) is 0 Å². The lowest BCUT2D eigenvalue weighted by atomic mass is 9.84. The molecule has 1 fully saturated rings. The number of carbonyl (C=O) groups excluding carboxylic acids is 1. The van der Waals surface area contributed by atoms with Crippen LogP contribution >= 0.6 is 15.9 Å². The number of alkyl halides is 1. The van der Waals surface area contributed by atoms with Gasteiger partial charge in [-0.15, -0.1) is 0 Å². The van der Waals surface area contributed by atoms with Crippen molar-refractivity contribution in [2.45, 2.75) is 26.7 Å². The summed E-state index contributed by atoms with van der Waals surface area (Å²) in [6.07, 6.45) is 2.19. The maximum absolute atomic E-state index is 11.6. The molecule has 0 bridgehead atoms. The maximum Gasteiger partial charge on any atom is 0.248 e. The molecule has 1 heterocycles. The third-order valence-electron chi connectivity index (χ3n) is 3.39. The summed E-state index contributed by atoms with van der Waals surface area (Å²) in [7, 11) is 0. The molecule has 0 unspecified atom stereocenters. The van der Waals surface area contributed by atoms with Gasteiger partial charge in [-0.2, -0.15) is 0 Å². The monoisotopic (exact) mass is 277 g/mol. The van der Waals surface area contributed by atoms with Crippen LogP contribution in [0.1, 0.15) is 26.7 Å². The maximum atomic E-state index is 11.6. The van der Waals surface area contributed by atoms with Gasteiger partial charge in [-0.25, -0.2) is 0 Å². The van der Waals surface area contributed by atoms with Crippen molar-refractivity contribution in [1.29, 1.82) is 0 Å². The Morgan fingerprint density at radius 1 is 1.47 bits per heavy atom. The van der Waals surface area contributed by atoms with E-state index >= 15 is 0 Å². The fourth-order valence-electron chi connectivity index (χ4n) is 1.83. The van der Waals surface area contributed by atoms with Crippen molar-refractivity contribution in [3.63, 3.8) is 0 Å². The zero-order valence-corrected chi connectivity index (χ0v) is 11.2. The fourth-order valence-corrected chi connectivity index (χ4v) is 2.80. The Kier molecular flexibility index (Phi) is 5.06. The quantitative estimate of drug-likeness (QED) is 0.720. The van der Waals surface area contributed by atoms with E-state index in [-0.39, 0.29) is 17.9 Å². The summed E-state index contributed by atoms with van der Waals surface area (Å²) in [6.45, 7) is 6.91. The summed E-state index contributed by atoms with van der Waals surface area (Å²) in [5.41, 5.74) is 0.229. The van der Waals surface area contributed by atoms with Gasteiger partial charge in [0.15, 0.2) is 0 Å². The molecule has 0 aromatic heterocycles. The first kappa shape index (κ1) is 13.0. The van der Waals surface area contributed by atoms with Crippen LogP contribution in [-0.4, -0.2) is 42.4 Å². The summed E-state index contributed by atoms with van der Waals surface area (Å²) in [4.78, 5) is 13.5. The summed E-state index contributed by atoms with van der Waals surface area (Å²) in [5, 5.41) is 0.956. The molecule has 1 rings (SSSR count). The van der Waals surface area contributed by atoms with Crippen molar-refractivity contribution >= 4 is 21.8 Å². The van der Waals surface area contributed by atoms with E-state index < -0.39 is 0 Å². The molecule has 4 heteroatoms. The Hall–Kier alpha value is -0.0900. The molecule has 0 saturated carbocycles. The number of morpholine rings is 1. The van der Waals surface area contributed by atoms with E-state index in [9.17, 15) is 4.79 Å². The number of carbonyl (C=O) groups is 1. The highest BCUT2D eigenvalue weighted by molar-refractivity contribution is 9.09. The number of hydrogen-bond acceptors (Lipinski definition) is 2. The van der Waals surface area contributed by atoms with Gasteiger partial charge in [-0.1, -0.05) is 29.8 Å². The van der Waals surface area contributed by atoms with Crippen LogP contribution < -0.4 is 0 Å². The normalized spacial score (nSPS) is 18.3. The van der Waals surface area contributed by atoms with Crippen LogP contribution in [0.5, 0.6) is 0 Å². The Morgan fingerprint density at radius 2 is 2.13 bits per heavy atom. The first-order valence-corrected chi connectivity index (χ1v) is 6.71. The lowest BCUT2D eigenvalue weighted by molar-refractivity contribution is -0.144. The second-order valence-corrected chi connectivity index (χ2v) is 4.77. The number of ether oxygens (including phenoxy) is 1. The van der Waals surface area contributed by atoms with Gasteiger partial charge < -0.3 is 9.64 Å². The minimum absolute atomic E-state index is 0.133. The molecule has 0 aromatic rings. The van der Waals surface area contributed by atoms with Gasteiger partial charge >= 0.3 is 0 Å². The molecule has 0 radical (unpaired) electrons. The van der Waals surface area contributed by atoms with E-state index in [0.717, 1.165) is 31.3 Å². The van der Waals surface area contributed by atoms with Gasteiger partial charge in [-0.05, 0) is 18.3 Å². The minimum Gasteiger partial charge on any atom is -0.370 e. The van der Waals surface area contributed by atoms with Crippen LogP contribution in [0.3, 0.4) is 0 Å². The highest BCUT2D eigenvalue weighted by Gasteiger charge is 2.30. The molecule has 1 amide bonds. The van der Waals surface area contributed by atoms with E-state index in [4.69, 9.17) is 4.74 Å². The lowest BCUT2D eigenvalue weighted by Crippen LogP contribution is -2.47. The van der Waals surface area contributed by atoms with Crippen molar-refractivity contribution in [2.24, 2.45) is 5.41 Å². The SMILES string of the molecule is CCC(CC)(CBr)CN1CCOCC1=O. The number of amides is 1. The average molecular weight is 278 g/mol. The second kappa shape index (κ2) is 5.85. The average Bonchev–Trinajstić information content (AvgIpc) is 2.29. The Bertz CT molecular complexity index is 208. The standard InChI is InChI=1S/C11H20BrNO2/c1-3-11(4-2,8-12)9-13-5-6-15-7-10(13)14/h3-9H2,1-2H3. The molecule has 1 saturated heterocycles. The second-order valence-electron chi connectivity index (χ2n) is 4.21. The van der Waals surface area contributed by atoms with Crippen molar-refractivity contribution in [3.8, 4) is 0 Å². The van der Waals surface area contributed by atoms with Gasteiger partial charge in [0.05, 0.1) is 6.61 Å². The van der Waals surface area contributed by atoms with Gasteiger partial charge in [-0.3, -0.25) is 4.79 Å². The number of halogens is 1. The van der Waals surface area contributed by atoms with Crippen LogP contribution in [0.25, 0.3) is 0 Å². The van der Waals surface area contributed by atoms with Gasteiger partial charge in [0.1, 0.15) is 6.61 Å². The summed E-state index contributed by atoms with van der Waals surface area (Å²) >= 11 is 3.57. The predicted molar refractivity (Wildman–Crippen MR) is 64.2 cm³/mol. The smallest absolute Gasteiger partial charge is 0.248 e. The van der Waals surface area contributed by atoms with Crippen LogP contribution in [0, 0.1) is 5.41 Å². The van der Waals surface area contributed by atoms with Crippen molar-refractivity contribution < 1.29 is 9.53 Å². The van der Waals surface area contributed by atoms with Crippen molar-refractivity contribution in [1.82, 2.24) is 4.90 Å². The molecule has 0 aromatic carbocycles. The van der Waals surface area contributed by atoms with Gasteiger partial charge in [0.2, 0.25) is 5.91 Å².